The number of rotatable bonds is 3. The lowest BCUT2D eigenvalue weighted by Gasteiger charge is -2.21. The fraction of sp³-hybridized carbons (Fsp3) is 0.455. The van der Waals surface area contributed by atoms with Gasteiger partial charge in [-0.2, -0.15) is 0 Å². The number of nitrogen functional groups attached to an aromatic ring is 1. The molecule has 6 heteroatoms. The first-order chi connectivity index (χ1) is 7.65. The summed E-state index contributed by atoms with van der Waals surface area (Å²) >= 11 is 0. The summed E-state index contributed by atoms with van der Waals surface area (Å²) in [5, 5.41) is 0. The number of anilines is 1. The Morgan fingerprint density at radius 1 is 1.29 bits per heavy atom. The van der Waals surface area contributed by atoms with Gasteiger partial charge in [0.05, 0.1) is 7.11 Å². The Labute approximate surface area is 102 Å². The van der Waals surface area contributed by atoms with Crippen molar-refractivity contribution in [1.29, 1.82) is 0 Å². The third-order valence-corrected chi connectivity index (χ3v) is 3.70. The normalized spacial score (nSPS) is 12.5. The van der Waals surface area contributed by atoms with Crippen molar-refractivity contribution in [3.63, 3.8) is 0 Å². The zero-order valence-corrected chi connectivity index (χ0v) is 11.3. The van der Waals surface area contributed by atoms with Gasteiger partial charge in [-0.15, -0.1) is 0 Å². The van der Waals surface area contributed by atoms with Crippen LogP contribution in [0.2, 0.25) is 0 Å². The molecule has 0 atom stereocenters. The Balaban J connectivity index is 3.28. The molecule has 0 bridgehead atoms. The number of ether oxygens (including phenoxy) is 1. The SMILES string of the molecule is COc1ccc(N)cc1S(=O)(=O)NC(C)(C)C. The Kier molecular flexibility index (Phi) is 3.68. The quantitative estimate of drug-likeness (QED) is 0.802. The second-order valence-corrected chi connectivity index (χ2v) is 6.42. The van der Waals surface area contributed by atoms with Crippen LogP contribution in [-0.2, 0) is 10.0 Å². The first-order valence-corrected chi connectivity index (χ1v) is 6.61. The summed E-state index contributed by atoms with van der Waals surface area (Å²) in [4.78, 5) is 0.0509. The van der Waals surface area contributed by atoms with E-state index >= 15 is 0 Å². The van der Waals surface area contributed by atoms with Crippen molar-refractivity contribution in [3.05, 3.63) is 18.2 Å². The summed E-state index contributed by atoms with van der Waals surface area (Å²) in [5.41, 5.74) is 5.41. The molecule has 0 amide bonds. The summed E-state index contributed by atoms with van der Waals surface area (Å²) in [6.45, 7) is 5.30. The average molecular weight is 258 g/mol. The zero-order chi connectivity index (χ0) is 13.3. The van der Waals surface area contributed by atoms with Crippen molar-refractivity contribution >= 4 is 15.7 Å². The van der Waals surface area contributed by atoms with Crippen molar-refractivity contribution in [2.75, 3.05) is 12.8 Å². The van der Waals surface area contributed by atoms with Crippen LogP contribution in [0.25, 0.3) is 0 Å². The van der Waals surface area contributed by atoms with E-state index in [1.807, 2.05) is 0 Å². The number of hydrogen-bond acceptors (Lipinski definition) is 4. The summed E-state index contributed by atoms with van der Waals surface area (Å²) in [6.07, 6.45) is 0. The topological polar surface area (TPSA) is 81.4 Å². The van der Waals surface area contributed by atoms with E-state index in [0.717, 1.165) is 0 Å². The minimum atomic E-state index is -3.64. The highest BCUT2D eigenvalue weighted by Gasteiger charge is 2.25. The Hall–Kier alpha value is -1.27. The van der Waals surface area contributed by atoms with E-state index in [1.54, 1.807) is 26.8 Å². The lowest BCUT2D eigenvalue weighted by Crippen LogP contribution is -2.40. The summed E-state index contributed by atoms with van der Waals surface area (Å²) in [5.74, 6) is 0.274. The first kappa shape index (κ1) is 13.8. The lowest BCUT2D eigenvalue weighted by molar-refractivity contribution is 0.401. The molecule has 0 heterocycles. The van der Waals surface area contributed by atoms with Crippen molar-refractivity contribution in [2.24, 2.45) is 0 Å². The predicted octanol–water partition coefficient (Wildman–Crippen LogP) is 1.35. The molecule has 1 aromatic rings. The van der Waals surface area contributed by atoms with E-state index in [2.05, 4.69) is 4.72 Å². The maximum absolute atomic E-state index is 12.1. The minimum absolute atomic E-state index is 0.0509. The highest BCUT2D eigenvalue weighted by Crippen LogP contribution is 2.26. The van der Waals surface area contributed by atoms with Gasteiger partial charge in [0.1, 0.15) is 10.6 Å². The third-order valence-electron chi connectivity index (χ3n) is 1.92. The molecule has 3 N–H and O–H groups in total. The second kappa shape index (κ2) is 4.54. The maximum atomic E-state index is 12.1. The van der Waals surface area contributed by atoms with Gasteiger partial charge in [-0.3, -0.25) is 0 Å². The van der Waals surface area contributed by atoms with Gasteiger partial charge in [0.25, 0.3) is 0 Å². The standard InChI is InChI=1S/C11H18N2O3S/c1-11(2,3)13-17(14,15)10-7-8(12)5-6-9(10)16-4/h5-7,13H,12H2,1-4H3. The van der Waals surface area contributed by atoms with Crippen LogP contribution < -0.4 is 15.2 Å². The van der Waals surface area contributed by atoms with Crippen LogP contribution in [-0.4, -0.2) is 21.1 Å². The number of nitrogens with two attached hydrogens (primary N) is 1. The highest BCUT2D eigenvalue weighted by atomic mass is 32.2. The molecule has 0 aliphatic carbocycles. The molecule has 0 fully saturated rings. The molecule has 5 nitrogen and oxygen atoms in total. The van der Waals surface area contributed by atoms with Crippen LogP contribution in [0.1, 0.15) is 20.8 Å². The highest BCUT2D eigenvalue weighted by molar-refractivity contribution is 7.89. The number of sulfonamides is 1. The van der Waals surface area contributed by atoms with Crippen LogP contribution in [0.15, 0.2) is 23.1 Å². The molecule has 0 aromatic heterocycles. The molecule has 0 unspecified atom stereocenters. The molecule has 0 spiro atoms. The van der Waals surface area contributed by atoms with Crippen molar-refractivity contribution < 1.29 is 13.2 Å². The molecule has 0 aliphatic rings. The number of methoxy groups -OCH3 is 1. The van der Waals surface area contributed by atoms with Gasteiger partial charge >= 0.3 is 0 Å². The largest absolute Gasteiger partial charge is 0.495 e. The molecule has 96 valence electrons. The van der Waals surface area contributed by atoms with Gasteiger partial charge < -0.3 is 10.5 Å². The molecule has 0 saturated heterocycles. The van der Waals surface area contributed by atoms with Gasteiger partial charge in [0.15, 0.2) is 0 Å². The summed E-state index contributed by atoms with van der Waals surface area (Å²) in [6, 6.07) is 4.51. The lowest BCUT2D eigenvalue weighted by atomic mass is 10.1. The molecule has 1 aromatic carbocycles. The number of benzene rings is 1. The van der Waals surface area contributed by atoms with Crippen LogP contribution in [0.3, 0.4) is 0 Å². The molecule has 0 saturated carbocycles. The molecular formula is C11H18N2O3S. The number of nitrogens with one attached hydrogen (secondary N) is 1. The Morgan fingerprint density at radius 2 is 1.88 bits per heavy atom. The average Bonchev–Trinajstić information content (AvgIpc) is 2.14. The minimum Gasteiger partial charge on any atom is -0.495 e. The smallest absolute Gasteiger partial charge is 0.244 e. The van der Waals surface area contributed by atoms with Crippen LogP contribution in [0.5, 0.6) is 5.75 Å². The van der Waals surface area contributed by atoms with E-state index in [0.29, 0.717) is 5.69 Å². The molecule has 0 aliphatic heterocycles. The summed E-state index contributed by atoms with van der Waals surface area (Å²) in [7, 11) is -2.22. The van der Waals surface area contributed by atoms with Gasteiger partial charge in [-0.25, -0.2) is 13.1 Å². The zero-order valence-electron chi connectivity index (χ0n) is 10.4. The third kappa shape index (κ3) is 3.61. The van der Waals surface area contributed by atoms with E-state index in [-0.39, 0.29) is 10.6 Å². The van der Waals surface area contributed by atoms with Crippen LogP contribution in [0.4, 0.5) is 5.69 Å². The maximum Gasteiger partial charge on any atom is 0.244 e. The van der Waals surface area contributed by atoms with Crippen LogP contribution >= 0.6 is 0 Å². The Bertz CT molecular complexity index is 504. The molecule has 0 radical (unpaired) electrons. The van der Waals surface area contributed by atoms with Crippen molar-refractivity contribution in [3.8, 4) is 5.75 Å². The Morgan fingerprint density at radius 3 is 2.35 bits per heavy atom. The molecule has 1 rings (SSSR count). The predicted molar refractivity (Wildman–Crippen MR) is 67.5 cm³/mol. The number of hydrogen-bond donors (Lipinski definition) is 2. The first-order valence-electron chi connectivity index (χ1n) is 5.13. The summed E-state index contributed by atoms with van der Waals surface area (Å²) < 4.78 is 31.8. The van der Waals surface area contributed by atoms with Gasteiger partial charge in [0.2, 0.25) is 10.0 Å². The van der Waals surface area contributed by atoms with E-state index in [1.165, 1.54) is 19.2 Å². The van der Waals surface area contributed by atoms with E-state index in [9.17, 15) is 8.42 Å². The van der Waals surface area contributed by atoms with Crippen molar-refractivity contribution in [1.82, 2.24) is 4.72 Å². The van der Waals surface area contributed by atoms with E-state index in [4.69, 9.17) is 10.5 Å². The van der Waals surface area contributed by atoms with Crippen molar-refractivity contribution in [2.45, 2.75) is 31.2 Å². The van der Waals surface area contributed by atoms with Crippen LogP contribution in [0, 0.1) is 0 Å². The van der Waals surface area contributed by atoms with Gasteiger partial charge in [-0.05, 0) is 39.0 Å². The monoisotopic (exact) mass is 258 g/mol. The molecular weight excluding hydrogens is 240 g/mol. The fourth-order valence-electron chi connectivity index (χ4n) is 1.36. The second-order valence-electron chi connectivity index (χ2n) is 4.77. The molecule has 17 heavy (non-hydrogen) atoms. The fourth-order valence-corrected chi connectivity index (χ4v) is 2.98. The van der Waals surface area contributed by atoms with Gasteiger partial charge in [0, 0.05) is 11.2 Å². The van der Waals surface area contributed by atoms with Gasteiger partial charge in [-0.1, -0.05) is 0 Å². The van der Waals surface area contributed by atoms with E-state index < -0.39 is 15.6 Å².